The molecule has 0 radical (unpaired) electrons. The molecule has 0 spiro atoms. The number of carbonyl (C=O) groups excluding carboxylic acids is 2. The van der Waals surface area contributed by atoms with Gasteiger partial charge in [-0.25, -0.2) is 0 Å². The first-order valence-electron chi connectivity index (χ1n) is 5.52. The molecule has 94 valence electrons. The highest BCUT2D eigenvalue weighted by molar-refractivity contribution is 7.12. The zero-order valence-electron chi connectivity index (χ0n) is 10.0. The molecule has 17 heavy (non-hydrogen) atoms. The van der Waals surface area contributed by atoms with Gasteiger partial charge in [-0.3, -0.25) is 25.3 Å². The summed E-state index contributed by atoms with van der Waals surface area (Å²) in [6.45, 7) is 5.88. The number of thiophene rings is 1. The first kappa shape index (κ1) is 13.7. The number of hydrogen-bond donors (Lipinski definition) is 2. The molecule has 0 saturated carbocycles. The number of hydrogen-bond acceptors (Lipinski definition) is 4. The molecular formula is C11H17N3O2S. The largest absolute Gasteiger partial charge is 0.295 e. The third-order valence-electron chi connectivity index (χ3n) is 2.32. The first-order valence-corrected chi connectivity index (χ1v) is 6.40. The van der Waals surface area contributed by atoms with Crippen LogP contribution in [0.15, 0.2) is 17.5 Å². The summed E-state index contributed by atoms with van der Waals surface area (Å²) in [6, 6.07) is 3.49. The van der Waals surface area contributed by atoms with E-state index in [2.05, 4.69) is 10.9 Å². The molecule has 0 unspecified atom stereocenters. The van der Waals surface area contributed by atoms with E-state index in [0.29, 0.717) is 4.88 Å². The fraction of sp³-hybridized carbons (Fsp3) is 0.455. The van der Waals surface area contributed by atoms with Gasteiger partial charge in [-0.05, 0) is 24.5 Å². The second kappa shape index (κ2) is 7.03. The van der Waals surface area contributed by atoms with E-state index in [0.717, 1.165) is 13.1 Å². The van der Waals surface area contributed by atoms with Crippen molar-refractivity contribution in [1.82, 2.24) is 15.8 Å². The Labute approximate surface area is 105 Å². The topological polar surface area (TPSA) is 61.4 Å². The molecule has 0 aliphatic carbocycles. The maximum atomic E-state index is 11.5. The third kappa shape index (κ3) is 4.54. The fourth-order valence-corrected chi connectivity index (χ4v) is 1.90. The number of amides is 2. The van der Waals surface area contributed by atoms with E-state index < -0.39 is 0 Å². The summed E-state index contributed by atoms with van der Waals surface area (Å²) >= 11 is 1.33. The van der Waals surface area contributed by atoms with Crippen LogP contribution < -0.4 is 10.9 Å². The Kier molecular flexibility index (Phi) is 5.65. The molecule has 1 rings (SSSR count). The maximum Gasteiger partial charge on any atom is 0.279 e. The van der Waals surface area contributed by atoms with Crippen LogP contribution in [-0.4, -0.2) is 36.3 Å². The predicted octanol–water partition coefficient (Wildman–Crippen LogP) is 0.851. The number of hydrazine groups is 1. The van der Waals surface area contributed by atoms with Crippen LogP contribution >= 0.6 is 11.3 Å². The summed E-state index contributed by atoms with van der Waals surface area (Å²) in [5.74, 6) is -0.494. The van der Waals surface area contributed by atoms with Gasteiger partial charge in [-0.2, -0.15) is 0 Å². The van der Waals surface area contributed by atoms with Crippen molar-refractivity contribution in [3.8, 4) is 0 Å². The van der Waals surface area contributed by atoms with Crippen LogP contribution in [0, 0.1) is 0 Å². The van der Waals surface area contributed by atoms with Crippen molar-refractivity contribution in [2.75, 3.05) is 19.6 Å². The van der Waals surface area contributed by atoms with Crippen LogP contribution in [0.5, 0.6) is 0 Å². The van der Waals surface area contributed by atoms with Gasteiger partial charge in [0.05, 0.1) is 11.4 Å². The summed E-state index contributed by atoms with van der Waals surface area (Å²) in [4.78, 5) is 25.5. The van der Waals surface area contributed by atoms with Crippen molar-refractivity contribution in [2.24, 2.45) is 0 Å². The molecule has 0 aliphatic rings. The summed E-state index contributed by atoms with van der Waals surface area (Å²) in [5, 5.41) is 1.81. The van der Waals surface area contributed by atoms with E-state index in [9.17, 15) is 9.59 Å². The molecule has 1 aromatic rings. The molecular weight excluding hydrogens is 238 g/mol. The highest BCUT2D eigenvalue weighted by atomic mass is 32.1. The Balaban J connectivity index is 2.31. The monoisotopic (exact) mass is 255 g/mol. The standard InChI is InChI=1S/C11H17N3O2S/c1-3-14(4-2)8-10(15)12-13-11(16)9-6-5-7-17-9/h5-7H,3-4,8H2,1-2H3,(H,12,15)(H,13,16). The number of nitrogens with one attached hydrogen (secondary N) is 2. The van der Waals surface area contributed by atoms with E-state index in [1.54, 1.807) is 12.1 Å². The lowest BCUT2D eigenvalue weighted by molar-refractivity contribution is -0.122. The van der Waals surface area contributed by atoms with E-state index in [4.69, 9.17) is 0 Å². The van der Waals surface area contributed by atoms with Crippen LogP contribution in [-0.2, 0) is 4.79 Å². The summed E-state index contributed by atoms with van der Waals surface area (Å²) in [5.41, 5.74) is 4.78. The van der Waals surface area contributed by atoms with Gasteiger partial charge in [0.2, 0.25) is 0 Å². The average molecular weight is 255 g/mol. The highest BCUT2D eigenvalue weighted by Gasteiger charge is 2.09. The van der Waals surface area contributed by atoms with Crippen molar-refractivity contribution in [1.29, 1.82) is 0 Å². The number of likely N-dealkylation sites (N-methyl/N-ethyl adjacent to an activating group) is 1. The zero-order valence-corrected chi connectivity index (χ0v) is 10.8. The normalized spacial score (nSPS) is 10.3. The van der Waals surface area contributed by atoms with Crippen LogP contribution in [0.2, 0.25) is 0 Å². The third-order valence-corrected chi connectivity index (χ3v) is 3.19. The lowest BCUT2D eigenvalue weighted by Crippen LogP contribution is -2.46. The average Bonchev–Trinajstić information content (AvgIpc) is 2.86. The smallest absolute Gasteiger partial charge is 0.279 e. The number of nitrogens with zero attached hydrogens (tertiary/aromatic N) is 1. The van der Waals surface area contributed by atoms with Crippen LogP contribution in [0.3, 0.4) is 0 Å². The SMILES string of the molecule is CCN(CC)CC(=O)NNC(=O)c1cccs1. The molecule has 0 aromatic carbocycles. The van der Waals surface area contributed by atoms with Gasteiger partial charge in [-0.1, -0.05) is 19.9 Å². The van der Waals surface area contributed by atoms with Crippen molar-refractivity contribution < 1.29 is 9.59 Å². The molecule has 0 fully saturated rings. The minimum atomic E-state index is -0.284. The molecule has 0 saturated heterocycles. The quantitative estimate of drug-likeness (QED) is 0.767. The molecule has 1 aromatic heterocycles. The van der Waals surface area contributed by atoms with Gasteiger partial charge in [0.15, 0.2) is 0 Å². The van der Waals surface area contributed by atoms with Crippen LogP contribution in [0.1, 0.15) is 23.5 Å². The van der Waals surface area contributed by atoms with Gasteiger partial charge < -0.3 is 0 Å². The van der Waals surface area contributed by atoms with Gasteiger partial charge >= 0.3 is 0 Å². The molecule has 2 amide bonds. The van der Waals surface area contributed by atoms with Gasteiger partial charge in [0, 0.05) is 0 Å². The zero-order chi connectivity index (χ0) is 12.7. The Morgan fingerprint density at radius 2 is 2.00 bits per heavy atom. The Hall–Kier alpha value is -1.40. The van der Waals surface area contributed by atoms with Gasteiger partial charge in [0.25, 0.3) is 11.8 Å². The molecule has 6 heteroatoms. The van der Waals surface area contributed by atoms with E-state index >= 15 is 0 Å². The predicted molar refractivity (Wildman–Crippen MR) is 67.7 cm³/mol. The van der Waals surface area contributed by atoms with E-state index in [-0.39, 0.29) is 18.4 Å². The summed E-state index contributed by atoms with van der Waals surface area (Å²) in [7, 11) is 0. The second-order valence-electron chi connectivity index (χ2n) is 3.44. The molecule has 0 bridgehead atoms. The maximum absolute atomic E-state index is 11.5. The van der Waals surface area contributed by atoms with Gasteiger partial charge in [0.1, 0.15) is 0 Å². The second-order valence-corrected chi connectivity index (χ2v) is 4.39. The molecule has 1 heterocycles. The Morgan fingerprint density at radius 3 is 2.53 bits per heavy atom. The van der Waals surface area contributed by atoms with E-state index in [1.807, 2.05) is 24.1 Å². The fourth-order valence-electron chi connectivity index (χ4n) is 1.29. The Morgan fingerprint density at radius 1 is 1.29 bits per heavy atom. The lowest BCUT2D eigenvalue weighted by Gasteiger charge is -2.17. The van der Waals surface area contributed by atoms with E-state index in [1.165, 1.54) is 11.3 Å². The molecule has 5 nitrogen and oxygen atoms in total. The van der Waals surface area contributed by atoms with Gasteiger partial charge in [-0.15, -0.1) is 11.3 Å². The van der Waals surface area contributed by atoms with Crippen molar-refractivity contribution in [2.45, 2.75) is 13.8 Å². The lowest BCUT2D eigenvalue weighted by atomic mass is 10.4. The Bertz CT molecular complexity index is 361. The summed E-state index contributed by atoms with van der Waals surface area (Å²) in [6.07, 6.45) is 0. The van der Waals surface area contributed by atoms with Crippen molar-refractivity contribution in [3.63, 3.8) is 0 Å². The minimum Gasteiger partial charge on any atom is -0.295 e. The minimum absolute atomic E-state index is 0.210. The number of rotatable bonds is 5. The summed E-state index contributed by atoms with van der Waals surface area (Å²) < 4.78 is 0. The van der Waals surface area contributed by atoms with Crippen LogP contribution in [0.4, 0.5) is 0 Å². The van der Waals surface area contributed by atoms with Crippen molar-refractivity contribution >= 4 is 23.2 Å². The van der Waals surface area contributed by atoms with Crippen molar-refractivity contribution in [3.05, 3.63) is 22.4 Å². The van der Waals surface area contributed by atoms with Crippen LogP contribution in [0.25, 0.3) is 0 Å². The first-order chi connectivity index (χ1) is 8.17. The number of carbonyl (C=O) groups is 2. The molecule has 0 atom stereocenters. The highest BCUT2D eigenvalue weighted by Crippen LogP contribution is 2.06. The molecule has 0 aliphatic heterocycles. The molecule has 2 N–H and O–H groups in total.